The summed E-state index contributed by atoms with van der Waals surface area (Å²) in [5.74, 6) is -0.380. The van der Waals surface area contributed by atoms with Gasteiger partial charge in [-0.1, -0.05) is 12.8 Å². The van der Waals surface area contributed by atoms with Gasteiger partial charge in [-0.25, -0.2) is 4.79 Å². The van der Waals surface area contributed by atoms with Crippen LogP contribution in [0.5, 0.6) is 0 Å². The lowest BCUT2D eigenvalue weighted by atomic mass is 9.93. The second kappa shape index (κ2) is 6.63. The third kappa shape index (κ3) is 3.75. The van der Waals surface area contributed by atoms with Gasteiger partial charge in [-0.2, -0.15) is 0 Å². The van der Waals surface area contributed by atoms with Gasteiger partial charge >= 0.3 is 5.97 Å². The molecule has 0 spiro atoms. The maximum absolute atomic E-state index is 11.3. The van der Waals surface area contributed by atoms with Gasteiger partial charge in [0.25, 0.3) is 0 Å². The maximum Gasteiger partial charge on any atom is 0.339 e. The second-order valence-corrected chi connectivity index (χ2v) is 4.83. The second-order valence-electron chi connectivity index (χ2n) is 4.83. The first-order valence-corrected chi connectivity index (χ1v) is 6.61. The average molecular weight is 264 g/mol. The summed E-state index contributed by atoms with van der Waals surface area (Å²) in [6.45, 7) is 0.430. The Morgan fingerprint density at radius 2 is 2.21 bits per heavy atom. The Kier molecular flexibility index (Phi) is 4.87. The number of carbonyl (C=O) groups is 1. The molecule has 1 aromatic rings. The first kappa shape index (κ1) is 14.0. The third-order valence-corrected chi connectivity index (χ3v) is 3.44. The van der Waals surface area contributed by atoms with Crippen LogP contribution in [-0.2, 0) is 16.1 Å². The van der Waals surface area contributed by atoms with E-state index in [1.54, 1.807) is 12.1 Å². The van der Waals surface area contributed by atoms with Crippen LogP contribution in [0.15, 0.2) is 18.3 Å². The highest BCUT2D eigenvalue weighted by atomic mass is 16.5. The fourth-order valence-electron chi connectivity index (χ4n) is 2.27. The Balaban J connectivity index is 1.87. The van der Waals surface area contributed by atoms with E-state index < -0.39 is 0 Å². The summed E-state index contributed by atoms with van der Waals surface area (Å²) < 4.78 is 10.4. The Morgan fingerprint density at radius 3 is 2.84 bits per heavy atom. The molecule has 5 nitrogen and oxygen atoms in total. The molecule has 1 aromatic heterocycles. The van der Waals surface area contributed by atoms with Crippen LogP contribution in [-0.4, -0.2) is 30.2 Å². The van der Waals surface area contributed by atoms with E-state index in [-0.39, 0.29) is 18.1 Å². The van der Waals surface area contributed by atoms with E-state index in [0.29, 0.717) is 12.2 Å². The van der Waals surface area contributed by atoms with E-state index in [9.17, 15) is 4.79 Å². The van der Waals surface area contributed by atoms with Gasteiger partial charge in [-0.3, -0.25) is 4.98 Å². The van der Waals surface area contributed by atoms with E-state index in [0.717, 1.165) is 18.5 Å². The van der Waals surface area contributed by atoms with Crippen molar-refractivity contribution in [2.75, 3.05) is 7.11 Å². The topological polar surface area (TPSA) is 74.4 Å². The van der Waals surface area contributed by atoms with E-state index in [1.807, 2.05) is 0 Å². The van der Waals surface area contributed by atoms with Gasteiger partial charge in [0.05, 0.1) is 31.1 Å². The number of ether oxygens (including phenoxy) is 2. The Morgan fingerprint density at radius 1 is 1.42 bits per heavy atom. The van der Waals surface area contributed by atoms with Gasteiger partial charge in [-0.15, -0.1) is 0 Å². The smallest absolute Gasteiger partial charge is 0.339 e. The van der Waals surface area contributed by atoms with Crippen LogP contribution in [0.2, 0.25) is 0 Å². The van der Waals surface area contributed by atoms with Gasteiger partial charge in [-0.05, 0) is 25.0 Å². The summed E-state index contributed by atoms with van der Waals surface area (Å²) in [5.41, 5.74) is 7.26. The summed E-state index contributed by atoms with van der Waals surface area (Å²) in [5, 5.41) is 0. The highest BCUT2D eigenvalue weighted by molar-refractivity contribution is 5.88. The fourth-order valence-corrected chi connectivity index (χ4v) is 2.27. The van der Waals surface area contributed by atoms with Gasteiger partial charge in [0, 0.05) is 12.2 Å². The minimum atomic E-state index is -0.380. The Hall–Kier alpha value is -1.46. The zero-order chi connectivity index (χ0) is 13.7. The van der Waals surface area contributed by atoms with E-state index >= 15 is 0 Å². The van der Waals surface area contributed by atoms with Crippen LogP contribution >= 0.6 is 0 Å². The summed E-state index contributed by atoms with van der Waals surface area (Å²) in [7, 11) is 1.35. The molecule has 2 atom stereocenters. The molecule has 1 aliphatic rings. The number of aromatic nitrogens is 1. The first-order valence-electron chi connectivity index (χ1n) is 6.61. The molecule has 0 radical (unpaired) electrons. The number of esters is 1. The van der Waals surface area contributed by atoms with Crippen LogP contribution in [0.3, 0.4) is 0 Å². The van der Waals surface area contributed by atoms with Crippen molar-refractivity contribution in [3.8, 4) is 0 Å². The number of pyridine rings is 1. The lowest BCUT2D eigenvalue weighted by molar-refractivity contribution is 0.00255. The Labute approximate surface area is 113 Å². The molecule has 2 unspecified atom stereocenters. The Bertz CT molecular complexity index is 419. The van der Waals surface area contributed by atoms with Crippen LogP contribution < -0.4 is 5.73 Å². The lowest BCUT2D eigenvalue weighted by Gasteiger charge is -2.28. The molecule has 1 saturated carbocycles. The molecule has 1 aliphatic carbocycles. The average Bonchev–Trinajstić information content (AvgIpc) is 2.46. The van der Waals surface area contributed by atoms with Crippen molar-refractivity contribution in [2.24, 2.45) is 5.73 Å². The van der Waals surface area contributed by atoms with Gasteiger partial charge in [0.1, 0.15) is 0 Å². The predicted octanol–water partition coefficient (Wildman–Crippen LogP) is 1.65. The minimum absolute atomic E-state index is 0.121. The molecule has 1 fully saturated rings. The minimum Gasteiger partial charge on any atom is -0.465 e. The zero-order valence-electron chi connectivity index (χ0n) is 11.2. The zero-order valence-corrected chi connectivity index (χ0v) is 11.2. The monoisotopic (exact) mass is 264 g/mol. The molecular weight excluding hydrogens is 244 g/mol. The lowest BCUT2D eigenvalue weighted by Crippen LogP contribution is -2.39. The highest BCUT2D eigenvalue weighted by Crippen LogP contribution is 2.20. The fraction of sp³-hybridized carbons (Fsp3) is 0.571. The quantitative estimate of drug-likeness (QED) is 0.837. The third-order valence-electron chi connectivity index (χ3n) is 3.44. The molecule has 5 heteroatoms. The van der Waals surface area contributed by atoms with Crippen molar-refractivity contribution in [2.45, 2.75) is 44.4 Å². The summed E-state index contributed by atoms with van der Waals surface area (Å²) in [6.07, 6.45) is 6.03. The molecule has 2 N–H and O–H groups in total. The van der Waals surface area contributed by atoms with Gasteiger partial charge < -0.3 is 15.2 Å². The van der Waals surface area contributed by atoms with Crippen LogP contribution in [0.4, 0.5) is 0 Å². The van der Waals surface area contributed by atoms with Crippen molar-refractivity contribution in [1.29, 1.82) is 0 Å². The molecule has 19 heavy (non-hydrogen) atoms. The highest BCUT2D eigenvalue weighted by Gasteiger charge is 2.22. The number of nitrogens with two attached hydrogens (primary N) is 1. The van der Waals surface area contributed by atoms with Crippen molar-refractivity contribution in [3.63, 3.8) is 0 Å². The summed E-state index contributed by atoms with van der Waals surface area (Å²) in [6, 6.07) is 3.60. The molecule has 0 amide bonds. The van der Waals surface area contributed by atoms with Crippen molar-refractivity contribution in [3.05, 3.63) is 29.6 Å². The van der Waals surface area contributed by atoms with Crippen molar-refractivity contribution < 1.29 is 14.3 Å². The van der Waals surface area contributed by atoms with E-state index in [2.05, 4.69) is 9.72 Å². The van der Waals surface area contributed by atoms with Gasteiger partial charge in [0.2, 0.25) is 0 Å². The normalized spacial score (nSPS) is 23.1. The first-order chi connectivity index (χ1) is 9.20. The number of methoxy groups -OCH3 is 1. The summed E-state index contributed by atoms with van der Waals surface area (Å²) in [4.78, 5) is 15.5. The van der Waals surface area contributed by atoms with Crippen molar-refractivity contribution in [1.82, 2.24) is 4.98 Å². The number of hydrogen-bond acceptors (Lipinski definition) is 5. The molecule has 104 valence electrons. The number of nitrogens with zero attached hydrogens (tertiary/aromatic N) is 1. The maximum atomic E-state index is 11.3. The molecular formula is C14H20N2O3. The summed E-state index contributed by atoms with van der Waals surface area (Å²) >= 11 is 0. The molecule has 2 rings (SSSR count). The standard InChI is InChI=1S/C14H20N2O3/c1-18-14(17)10-6-7-11(16-8-10)9-19-13-5-3-2-4-12(13)15/h6-8,12-13H,2-5,9,15H2,1H3. The van der Waals surface area contributed by atoms with Crippen molar-refractivity contribution >= 4 is 5.97 Å². The van der Waals surface area contributed by atoms with Crippen LogP contribution in [0.1, 0.15) is 41.7 Å². The molecule has 1 heterocycles. The molecule has 0 bridgehead atoms. The van der Waals surface area contributed by atoms with Gasteiger partial charge in [0.15, 0.2) is 0 Å². The van der Waals surface area contributed by atoms with E-state index in [1.165, 1.54) is 26.1 Å². The molecule has 0 saturated heterocycles. The predicted molar refractivity (Wildman–Crippen MR) is 70.6 cm³/mol. The number of carbonyl (C=O) groups excluding carboxylic acids is 1. The number of hydrogen-bond donors (Lipinski definition) is 1. The largest absolute Gasteiger partial charge is 0.465 e. The molecule has 0 aromatic carbocycles. The van der Waals surface area contributed by atoms with Crippen LogP contribution in [0, 0.1) is 0 Å². The van der Waals surface area contributed by atoms with Crippen LogP contribution in [0.25, 0.3) is 0 Å². The SMILES string of the molecule is COC(=O)c1ccc(COC2CCCCC2N)nc1. The van der Waals surface area contributed by atoms with E-state index in [4.69, 9.17) is 10.5 Å². The molecule has 0 aliphatic heterocycles. The number of rotatable bonds is 4.